The van der Waals surface area contributed by atoms with Crippen LogP contribution in [0.4, 0.5) is 0 Å². The molecule has 1 atom stereocenters. The third kappa shape index (κ3) is 3.02. The predicted molar refractivity (Wildman–Crippen MR) is 76.7 cm³/mol. The standard InChI is InChI=1S/C13H11BrCl2O2/c1-2-17-10-4-3-8(7-9(10)14)13(16)11-5-6-12(15)18-11/h3-7,13H,2H2,1H3. The molecule has 2 aromatic rings. The first-order valence-electron chi connectivity index (χ1n) is 5.43. The van der Waals surface area contributed by atoms with E-state index in [2.05, 4.69) is 15.9 Å². The van der Waals surface area contributed by atoms with Gasteiger partial charge in [-0.2, -0.15) is 0 Å². The van der Waals surface area contributed by atoms with Gasteiger partial charge in [-0.15, -0.1) is 11.6 Å². The summed E-state index contributed by atoms with van der Waals surface area (Å²) in [6, 6.07) is 9.14. The fraction of sp³-hybridized carbons (Fsp3) is 0.231. The van der Waals surface area contributed by atoms with E-state index in [1.807, 2.05) is 25.1 Å². The molecule has 2 rings (SSSR count). The predicted octanol–water partition coefficient (Wildman–Crippen LogP) is 5.42. The highest BCUT2D eigenvalue weighted by Gasteiger charge is 2.16. The van der Waals surface area contributed by atoms with E-state index < -0.39 is 0 Å². The Labute approximate surface area is 124 Å². The van der Waals surface area contributed by atoms with Crippen molar-refractivity contribution in [2.45, 2.75) is 12.3 Å². The minimum atomic E-state index is -0.371. The minimum absolute atomic E-state index is 0.334. The lowest BCUT2D eigenvalue weighted by Gasteiger charge is -2.10. The Kier molecular flexibility index (Phi) is 4.60. The maximum absolute atomic E-state index is 6.33. The van der Waals surface area contributed by atoms with Crippen LogP contribution in [0.5, 0.6) is 5.75 Å². The molecule has 1 aromatic carbocycles. The summed E-state index contributed by atoms with van der Waals surface area (Å²) in [4.78, 5) is 0. The maximum Gasteiger partial charge on any atom is 0.193 e. The fourth-order valence-electron chi connectivity index (χ4n) is 1.58. The normalized spacial score (nSPS) is 12.4. The molecule has 0 fully saturated rings. The first-order valence-corrected chi connectivity index (χ1v) is 7.04. The third-order valence-corrected chi connectivity index (χ3v) is 3.68. The molecule has 1 unspecified atom stereocenters. The number of hydrogen-bond acceptors (Lipinski definition) is 2. The Bertz CT molecular complexity index is 540. The van der Waals surface area contributed by atoms with E-state index in [9.17, 15) is 0 Å². The summed E-state index contributed by atoms with van der Waals surface area (Å²) in [5.74, 6) is 1.42. The number of ether oxygens (including phenoxy) is 1. The quantitative estimate of drug-likeness (QED) is 0.687. The molecule has 0 N–H and O–H groups in total. The first-order chi connectivity index (χ1) is 8.61. The van der Waals surface area contributed by atoms with Crippen molar-refractivity contribution in [2.75, 3.05) is 6.61 Å². The van der Waals surface area contributed by atoms with Gasteiger partial charge in [0.15, 0.2) is 5.22 Å². The second-order valence-corrected chi connectivity index (χ2v) is 5.29. The molecule has 1 aromatic heterocycles. The Hall–Kier alpha value is -0.640. The zero-order valence-electron chi connectivity index (χ0n) is 9.62. The Morgan fingerprint density at radius 2 is 2.11 bits per heavy atom. The second-order valence-electron chi connectivity index (χ2n) is 3.63. The molecule has 0 aliphatic carbocycles. The average molecular weight is 350 g/mol. The summed E-state index contributed by atoms with van der Waals surface area (Å²) in [6.45, 7) is 2.56. The summed E-state index contributed by atoms with van der Waals surface area (Å²) in [5, 5.41) is -0.0369. The molecule has 0 spiro atoms. The minimum Gasteiger partial charge on any atom is -0.493 e. The van der Waals surface area contributed by atoms with Gasteiger partial charge >= 0.3 is 0 Å². The van der Waals surface area contributed by atoms with E-state index in [1.54, 1.807) is 12.1 Å². The second kappa shape index (κ2) is 6.00. The third-order valence-electron chi connectivity index (χ3n) is 2.39. The van der Waals surface area contributed by atoms with Crippen LogP contribution in [0, 0.1) is 0 Å². The molecule has 96 valence electrons. The zero-order chi connectivity index (χ0) is 13.1. The largest absolute Gasteiger partial charge is 0.493 e. The van der Waals surface area contributed by atoms with Crippen LogP contribution in [-0.4, -0.2) is 6.61 Å². The van der Waals surface area contributed by atoms with E-state index >= 15 is 0 Å². The van der Waals surface area contributed by atoms with Crippen molar-refractivity contribution in [3.8, 4) is 5.75 Å². The number of benzene rings is 1. The summed E-state index contributed by atoms with van der Waals surface area (Å²) in [6.07, 6.45) is 0. The van der Waals surface area contributed by atoms with E-state index in [-0.39, 0.29) is 5.38 Å². The molecule has 0 saturated heterocycles. The first kappa shape index (κ1) is 13.8. The van der Waals surface area contributed by atoms with E-state index in [0.29, 0.717) is 17.6 Å². The molecule has 1 heterocycles. The van der Waals surface area contributed by atoms with Crippen molar-refractivity contribution in [3.63, 3.8) is 0 Å². The fourth-order valence-corrected chi connectivity index (χ4v) is 2.49. The highest BCUT2D eigenvalue weighted by Crippen LogP contribution is 2.35. The summed E-state index contributed by atoms with van der Waals surface area (Å²) >= 11 is 15.5. The number of furan rings is 1. The molecule has 0 radical (unpaired) electrons. The van der Waals surface area contributed by atoms with Crippen LogP contribution in [0.3, 0.4) is 0 Å². The Balaban J connectivity index is 2.26. The smallest absolute Gasteiger partial charge is 0.193 e. The van der Waals surface area contributed by atoms with Crippen LogP contribution in [0.1, 0.15) is 23.6 Å². The van der Waals surface area contributed by atoms with Crippen LogP contribution in [-0.2, 0) is 0 Å². The van der Waals surface area contributed by atoms with Crippen LogP contribution >= 0.6 is 39.1 Å². The lowest BCUT2D eigenvalue weighted by Crippen LogP contribution is -1.95. The van der Waals surface area contributed by atoms with Gasteiger partial charge in [-0.25, -0.2) is 0 Å². The van der Waals surface area contributed by atoms with Crippen molar-refractivity contribution in [3.05, 3.63) is 51.3 Å². The molecule has 5 heteroatoms. The van der Waals surface area contributed by atoms with E-state index in [0.717, 1.165) is 15.8 Å². The lowest BCUT2D eigenvalue weighted by atomic mass is 10.1. The van der Waals surface area contributed by atoms with Gasteiger partial charge in [0.25, 0.3) is 0 Å². The highest BCUT2D eigenvalue weighted by atomic mass is 79.9. The topological polar surface area (TPSA) is 22.4 Å². The highest BCUT2D eigenvalue weighted by molar-refractivity contribution is 9.10. The van der Waals surface area contributed by atoms with Gasteiger partial charge in [0.1, 0.15) is 16.9 Å². The van der Waals surface area contributed by atoms with Crippen LogP contribution in [0.2, 0.25) is 5.22 Å². The molecule has 0 saturated carbocycles. The number of alkyl halides is 1. The van der Waals surface area contributed by atoms with E-state index in [1.165, 1.54) is 0 Å². The van der Waals surface area contributed by atoms with Gasteiger partial charge in [-0.05, 0) is 64.3 Å². The molecular formula is C13H11BrCl2O2. The Morgan fingerprint density at radius 3 is 2.67 bits per heavy atom. The van der Waals surface area contributed by atoms with E-state index in [4.69, 9.17) is 32.4 Å². The molecule has 2 nitrogen and oxygen atoms in total. The molecule has 0 aliphatic heterocycles. The SMILES string of the molecule is CCOc1ccc(C(Cl)c2ccc(Cl)o2)cc1Br. The van der Waals surface area contributed by atoms with Gasteiger partial charge in [-0.1, -0.05) is 6.07 Å². The van der Waals surface area contributed by atoms with Crippen LogP contribution in [0.15, 0.2) is 39.2 Å². The Morgan fingerprint density at radius 1 is 1.33 bits per heavy atom. The molecular weight excluding hydrogens is 339 g/mol. The summed E-state index contributed by atoms with van der Waals surface area (Å²) in [7, 11) is 0. The molecule has 18 heavy (non-hydrogen) atoms. The number of hydrogen-bond donors (Lipinski definition) is 0. The monoisotopic (exact) mass is 348 g/mol. The van der Waals surface area contributed by atoms with Crippen molar-refractivity contribution in [1.29, 1.82) is 0 Å². The number of rotatable bonds is 4. The lowest BCUT2D eigenvalue weighted by molar-refractivity contribution is 0.338. The van der Waals surface area contributed by atoms with Gasteiger partial charge < -0.3 is 9.15 Å². The number of halogens is 3. The average Bonchev–Trinajstić information content (AvgIpc) is 2.78. The summed E-state index contributed by atoms with van der Waals surface area (Å²) in [5.41, 5.74) is 0.915. The van der Waals surface area contributed by atoms with Crippen molar-refractivity contribution in [2.24, 2.45) is 0 Å². The van der Waals surface area contributed by atoms with Crippen molar-refractivity contribution in [1.82, 2.24) is 0 Å². The molecule has 0 amide bonds. The molecule has 0 bridgehead atoms. The van der Waals surface area contributed by atoms with Crippen LogP contribution in [0.25, 0.3) is 0 Å². The van der Waals surface area contributed by atoms with Crippen molar-refractivity contribution >= 4 is 39.1 Å². The summed E-state index contributed by atoms with van der Waals surface area (Å²) < 4.78 is 11.6. The van der Waals surface area contributed by atoms with Crippen LogP contribution < -0.4 is 4.74 Å². The van der Waals surface area contributed by atoms with Gasteiger partial charge in [0.05, 0.1) is 11.1 Å². The van der Waals surface area contributed by atoms with Gasteiger partial charge in [0, 0.05) is 0 Å². The maximum atomic E-state index is 6.33. The molecule has 0 aliphatic rings. The van der Waals surface area contributed by atoms with Gasteiger partial charge in [0.2, 0.25) is 0 Å². The van der Waals surface area contributed by atoms with Gasteiger partial charge in [-0.3, -0.25) is 0 Å². The zero-order valence-corrected chi connectivity index (χ0v) is 12.7. The van der Waals surface area contributed by atoms with Crippen molar-refractivity contribution < 1.29 is 9.15 Å².